The zero-order valence-electron chi connectivity index (χ0n) is 13.3. The van der Waals surface area contributed by atoms with Gasteiger partial charge in [0, 0.05) is 11.6 Å². The molecule has 0 radical (unpaired) electrons. The van der Waals surface area contributed by atoms with Crippen molar-refractivity contribution < 1.29 is 0 Å². The fourth-order valence-electron chi connectivity index (χ4n) is 3.65. The van der Waals surface area contributed by atoms with Crippen molar-refractivity contribution in [2.75, 3.05) is 14.1 Å². The standard InChI is InChI=1S/C18H30N2/c1-15-11-13-18(14-12-15,20(2)3)17(19)10-9-16-7-5-4-6-8-16/h4-8,15,17H,9-14,19H2,1-3H3. The number of likely N-dealkylation sites (N-methyl/N-ethyl adjacent to an activating group) is 1. The fourth-order valence-corrected chi connectivity index (χ4v) is 3.65. The minimum atomic E-state index is 0.210. The van der Waals surface area contributed by atoms with E-state index in [4.69, 9.17) is 5.73 Å². The molecule has 0 spiro atoms. The van der Waals surface area contributed by atoms with Crippen LogP contribution in [0.4, 0.5) is 0 Å². The minimum absolute atomic E-state index is 0.210. The Morgan fingerprint density at radius 2 is 1.80 bits per heavy atom. The van der Waals surface area contributed by atoms with Crippen LogP contribution < -0.4 is 5.73 Å². The first-order chi connectivity index (χ1) is 9.54. The Balaban J connectivity index is 1.99. The molecule has 112 valence electrons. The molecule has 0 saturated heterocycles. The van der Waals surface area contributed by atoms with E-state index in [2.05, 4.69) is 56.3 Å². The SMILES string of the molecule is CC1CCC(C(N)CCc2ccccc2)(N(C)C)CC1. The summed E-state index contributed by atoms with van der Waals surface area (Å²) >= 11 is 0. The second kappa shape index (κ2) is 6.73. The highest BCUT2D eigenvalue weighted by Crippen LogP contribution is 2.38. The van der Waals surface area contributed by atoms with Gasteiger partial charge >= 0.3 is 0 Å². The van der Waals surface area contributed by atoms with Gasteiger partial charge in [-0.25, -0.2) is 0 Å². The van der Waals surface area contributed by atoms with Gasteiger partial charge in [-0.3, -0.25) is 0 Å². The molecule has 1 aromatic rings. The van der Waals surface area contributed by atoms with Gasteiger partial charge in [-0.15, -0.1) is 0 Å². The Kier molecular flexibility index (Phi) is 5.22. The first-order valence-corrected chi connectivity index (χ1v) is 8.01. The number of benzene rings is 1. The summed E-state index contributed by atoms with van der Waals surface area (Å²) in [6.07, 6.45) is 7.30. The molecule has 1 unspecified atom stereocenters. The minimum Gasteiger partial charge on any atom is -0.326 e. The second-order valence-electron chi connectivity index (χ2n) is 6.81. The number of hydrogen-bond acceptors (Lipinski definition) is 2. The molecule has 1 aliphatic carbocycles. The Morgan fingerprint density at radius 1 is 1.20 bits per heavy atom. The molecular formula is C18H30N2. The van der Waals surface area contributed by atoms with Gasteiger partial charge < -0.3 is 10.6 Å². The predicted octanol–water partition coefficient (Wildman–Crippen LogP) is 3.46. The smallest absolute Gasteiger partial charge is 0.0354 e. The third kappa shape index (κ3) is 3.42. The Labute approximate surface area is 124 Å². The maximum absolute atomic E-state index is 6.64. The van der Waals surface area contributed by atoms with E-state index >= 15 is 0 Å². The largest absolute Gasteiger partial charge is 0.326 e. The van der Waals surface area contributed by atoms with E-state index in [-0.39, 0.29) is 11.6 Å². The Hall–Kier alpha value is -0.860. The van der Waals surface area contributed by atoms with Crippen LogP contribution in [-0.2, 0) is 6.42 Å². The number of nitrogens with zero attached hydrogens (tertiary/aromatic N) is 1. The Bertz CT molecular complexity index is 391. The molecule has 0 heterocycles. The third-order valence-corrected chi connectivity index (χ3v) is 5.31. The summed E-state index contributed by atoms with van der Waals surface area (Å²) in [7, 11) is 4.41. The number of hydrogen-bond donors (Lipinski definition) is 1. The number of aryl methyl sites for hydroxylation is 1. The molecule has 2 heteroatoms. The predicted molar refractivity (Wildman–Crippen MR) is 86.8 cm³/mol. The van der Waals surface area contributed by atoms with Crippen molar-refractivity contribution in [1.29, 1.82) is 0 Å². The van der Waals surface area contributed by atoms with Crippen LogP contribution in [0.15, 0.2) is 30.3 Å². The van der Waals surface area contributed by atoms with E-state index in [1.165, 1.54) is 31.2 Å². The molecule has 0 bridgehead atoms. The molecule has 1 saturated carbocycles. The lowest BCUT2D eigenvalue weighted by Crippen LogP contribution is -2.59. The van der Waals surface area contributed by atoms with Gasteiger partial charge in [-0.2, -0.15) is 0 Å². The van der Waals surface area contributed by atoms with Crippen molar-refractivity contribution in [3.8, 4) is 0 Å². The summed E-state index contributed by atoms with van der Waals surface area (Å²) < 4.78 is 0. The highest BCUT2D eigenvalue weighted by molar-refractivity contribution is 5.15. The number of nitrogens with two attached hydrogens (primary N) is 1. The summed E-state index contributed by atoms with van der Waals surface area (Å²) in [5.74, 6) is 0.865. The fraction of sp³-hybridized carbons (Fsp3) is 0.667. The van der Waals surface area contributed by atoms with Crippen molar-refractivity contribution >= 4 is 0 Å². The van der Waals surface area contributed by atoms with Crippen LogP contribution in [0.5, 0.6) is 0 Å². The molecule has 1 aliphatic rings. The van der Waals surface area contributed by atoms with E-state index in [0.29, 0.717) is 0 Å². The molecule has 0 aromatic heterocycles. The van der Waals surface area contributed by atoms with Gasteiger partial charge in [0.1, 0.15) is 0 Å². The highest BCUT2D eigenvalue weighted by Gasteiger charge is 2.40. The summed E-state index contributed by atoms with van der Waals surface area (Å²) in [5.41, 5.74) is 8.25. The average Bonchev–Trinajstić information content (AvgIpc) is 2.46. The molecule has 2 nitrogen and oxygen atoms in total. The summed E-state index contributed by atoms with van der Waals surface area (Å²) in [4.78, 5) is 2.40. The highest BCUT2D eigenvalue weighted by atomic mass is 15.2. The monoisotopic (exact) mass is 274 g/mol. The van der Waals surface area contributed by atoms with Crippen molar-refractivity contribution in [3.63, 3.8) is 0 Å². The zero-order chi connectivity index (χ0) is 14.6. The topological polar surface area (TPSA) is 29.3 Å². The molecule has 1 aromatic carbocycles. The number of rotatable bonds is 5. The maximum atomic E-state index is 6.64. The van der Waals surface area contributed by atoms with Gasteiger partial charge in [0.05, 0.1) is 0 Å². The Morgan fingerprint density at radius 3 is 2.35 bits per heavy atom. The third-order valence-electron chi connectivity index (χ3n) is 5.31. The summed E-state index contributed by atoms with van der Waals surface area (Å²) in [5, 5.41) is 0. The van der Waals surface area contributed by atoms with Crippen molar-refractivity contribution in [3.05, 3.63) is 35.9 Å². The summed E-state index contributed by atoms with van der Waals surface area (Å²) in [6.45, 7) is 2.37. The van der Waals surface area contributed by atoms with Crippen LogP contribution in [0.25, 0.3) is 0 Å². The van der Waals surface area contributed by atoms with E-state index in [1.54, 1.807) is 0 Å². The van der Waals surface area contributed by atoms with Crippen LogP contribution in [0.3, 0.4) is 0 Å². The average molecular weight is 274 g/mol. The molecule has 1 atom stereocenters. The molecule has 2 N–H and O–H groups in total. The van der Waals surface area contributed by atoms with Crippen molar-refractivity contribution in [1.82, 2.24) is 4.90 Å². The van der Waals surface area contributed by atoms with E-state index in [0.717, 1.165) is 18.8 Å². The van der Waals surface area contributed by atoms with Crippen LogP contribution >= 0.6 is 0 Å². The van der Waals surface area contributed by atoms with Crippen LogP contribution in [0.2, 0.25) is 0 Å². The first-order valence-electron chi connectivity index (χ1n) is 8.01. The van der Waals surface area contributed by atoms with Gasteiger partial charge in [0.25, 0.3) is 0 Å². The quantitative estimate of drug-likeness (QED) is 0.891. The first kappa shape index (κ1) is 15.5. The molecule has 0 aliphatic heterocycles. The zero-order valence-corrected chi connectivity index (χ0v) is 13.3. The molecule has 2 rings (SSSR count). The normalized spacial score (nSPS) is 28.6. The maximum Gasteiger partial charge on any atom is 0.0354 e. The van der Waals surface area contributed by atoms with Crippen LogP contribution in [-0.4, -0.2) is 30.6 Å². The van der Waals surface area contributed by atoms with E-state index in [1.807, 2.05) is 0 Å². The lowest BCUT2D eigenvalue weighted by molar-refractivity contribution is 0.0541. The van der Waals surface area contributed by atoms with Crippen molar-refractivity contribution in [2.45, 2.75) is 57.0 Å². The van der Waals surface area contributed by atoms with Gasteiger partial charge in [-0.1, -0.05) is 37.3 Å². The van der Waals surface area contributed by atoms with E-state index in [9.17, 15) is 0 Å². The summed E-state index contributed by atoms with van der Waals surface area (Å²) in [6, 6.07) is 11.0. The van der Waals surface area contributed by atoms with Crippen molar-refractivity contribution in [2.24, 2.45) is 11.7 Å². The van der Waals surface area contributed by atoms with Gasteiger partial charge in [0.2, 0.25) is 0 Å². The lowest BCUT2D eigenvalue weighted by Gasteiger charge is -2.48. The second-order valence-corrected chi connectivity index (χ2v) is 6.81. The van der Waals surface area contributed by atoms with E-state index < -0.39 is 0 Å². The molecular weight excluding hydrogens is 244 g/mol. The van der Waals surface area contributed by atoms with Gasteiger partial charge in [0.15, 0.2) is 0 Å². The van der Waals surface area contributed by atoms with Gasteiger partial charge in [-0.05, 0) is 64.1 Å². The van der Waals surface area contributed by atoms with Crippen LogP contribution in [0.1, 0.15) is 44.6 Å². The molecule has 1 fully saturated rings. The lowest BCUT2D eigenvalue weighted by atomic mass is 9.71. The molecule has 0 amide bonds. The van der Waals surface area contributed by atoms with Crippen LogP contribution in [0, 0.1) is 5.92 Å². The molecule has 20 heavy (non-hydrogen) atoms.